The summed E-state index contributed by atoms with van der Waals surface area (Å²) >= 11 is 5.92. The summed E-state index contributed by atoms with van der Waals surface area (Å²) in [6, 6.07) is 6.42. The molecule has 0 amide bonds. The molecule has 0 aliphatic carbocycles. The number of rotatable bonds is 2. The molecule has 2 aromatic rings. The summed E-state index contributed by atoms with van der Waals surface area (Å²) in [5.41, 5.74) is 0.994. The number of hydrogen-bond donors (Lipinski definition) is 0. The molecule has 0 saturated heterocycles. The van der Waals surface area contributed by atoms with Crippen LogP contribution in [0.2, 0.25) is 5.02 Å². The Morgan fingerprint density at radius 1 is 1.25 bits per heavy atom. The molecule has 0 saturated carbocycles. The van der Waals surface area contributed by atoms with Gasteiger partial charge in [-0.15, -0.1) is 0 Å². The average molecular weight is 239 g/mol. The van der Waals surface area contributed by atoms with E-state index in [2.05, 4.69) is 9.97 Å². The fraction of sp³-hybridized carbons (Fsp3) is 0.0909. The fourth-order valence-electron chi connectivity index (χ4n) is 1.17. The van der Waals surface area contributed by atoms with Gasteiger partial charge in [0.15, 0.2) is 0 Å². The summed E-state index contributed by atoms with van der Waals surface area (Å²) in [5.74, 6) is -0.0754. The van der Waals surface area contributed by atoms with Gasteiger partial charge in [-0.1, -0.05) is 17.7 Å². The quantitative estimate of drug-likeness (QED) is 0.753. The lowest BCUT2D eigenvalue weighted by Crippen LogP contribution is -1.92. The van der Waals surface area contributed by atoms with Gasteiger partial charge in [-0.05, 0) is 24.6 Å². The van der Waals surface area contributed by atoms with Crippen molar-refractivity contribution in [1.82, 2.24) is 9.97 Å². The first-order chi connectivity index (χ1) is 7.65. The van der Waals surface area contributed by atoms with Crippen LogP contribution in [0.5, 0.6) is 11.6 Å². The van der Waals surface area contributed by atoms with Crippen molar-refractivity contribution < 1.29 is 9.13 Å². The van der Waals surface area contributed by atoms with Crippen molar-refractivity contribution in [2.45, 2.75) is 6.92 Å². The van der Waals surface area contributed by atoms with E-state index < -0.39 is 5.95 Å². The monoisotopic (exact) mass is 238 g/mol. The van der Waals surface area contributed by atoms with E-state index in [0.29, 0.717) is 10.8 Å². The van der Waals surface area contributed by atoms with Gasteiger partial charge >= 0.3 is 0 Å². The van der Waals surface area contributed by atoms with Crippen LogP contribution in [-0.2, 0) is 0 Å². The minimum absolute atomic E-state index is 0.125. The molecular formula is C11H8ClFN2O. The normalized spacial score (nSPS) is 10.2. The Labute approximate surface area is 96.9 Å². The first-order valence-electron chi connectivity index (χ1n) is 4.57. The first-order valence-corrected chi connectivity index (χ1v) is 4.94. The third kappa shape index (κ3) is 2.46. The minimum Gasteiger partial charge on any atom is -0.437 e. The van der Waals surface area contributed by atoms with E-state index in [1.807, 2.05) is 13.0 Å². The highest BCUT2D eigenvalue weighted by Gasteiger charge is 2.05. The standard InChI is InChI=1S/C11H8ClFN2O/c1-7-2-3-8(12)9(4-7)16-11-5-10(13)14-6-15-11/h2-6H,1H3. The first kappa shape index (κ1) is 10.8. The molecular weight excluding hydrogens is 231 g/mol. The molecule has 0 unspecified atom stereocenters. The number of halogens is 2. The average Bonchev–Trinajstić information content (AvgIpc) is 2.24. The molecule has 0 fully saturated rings. The zero-order valence-electron chi connectivity index (χ0n) is 8.45. The molecule has 0 aliphatic heterocycles. The van der Waals surface area contributed by atoms with Crippen molar-refractivity contribution in [1.29, 1.82) is 0 Å². The molecule has 0 bridgehead atoms. The fourth-order valence-corrected chi connectivity index (χ4v) is 1.33. The van der Waals surface area contributed by atoms with Gasteiger partial charge in [0.05, 0.1) is 11.1 Å². The summed E-state index contributed by atoms with van der Waals surface area (Å²) in [4.78, 5) is 7.10. The SMILES string of the molecule is Cc1ccc(Cl)c(Oc2cc(F)ncn2)c1. The van der Waals surface area contributed by atoms with Gasteiger partial charge in [-0.3, -0.25) is 0 Å². The zero-order valence-corrected chi connectivity index (χ0v) is 9.20. The van der Waals surface area contributed by atoms with Crippen molar-refractivity contribution in [3.05, 3.63) is 47.1 Å². The molecule has 0 spiro atoms. The number of aromatic nitrogens is 2. The Morgan fingerprint density at radius 2 is 2.06 bits per heavy atom. The minimum atomic E-state index is -0.645. The van der Waals surface area contributed by atoms with Crippen molar-refractivity contribution in [2.24, 2.45) is 0 Å². The van der Waals surface area contributed by atoms with Crippen molar-refractivity contribution >= 4 is 11.6 Å². The van der Waals surface area contributed by atoms with Gasteiger partial charge in [-0.25, -0.2) is 9.97 Å². The number of benzene rings is 1. The third-order valence-electron chi connectivity index (χ3n) is 1.91. The van der Waals surface area contributed by atoms with E-state index in [-0.39, 0.29) is 5.88 Å². The summed E-state index contributed by atoms with van der Waals surface area (Å²) in [6.45, 7) is 1.91. The van der Waals surface area contributed by atoms with Crippen LogP contribution in [0.1, 0.15) is 5.56 Å². The second-order valence-corrected chi connectivity index (χ2v) is 3.62. The third-order valence-corrected chi connectivity index (χ3v) is 2.22. The number of hydrogen-bond acceptors (Lipinski definition) is 3. The highest BCUT2D eigenvalue weighted by atomic mass is 35.5. The summed E-state index contributed by atoms with van der Waals surface area (Å²) < 4.78 is 18.1. The Morgan fingerprint density at radius 3 is 2.81 bits per heavy atom. The van der Waals surface area contributed by atoms with Crippen LogP contribution in [0, 0.1) is 12.9 Å². The molecule has 5 heteroatoms. The van der Waals surface area contributed by atoms with Crippen LogP contribution in [0.4, 0.5) is 4.39 Å². The molecule has 16 heavy (non-hydrogen) atoms. The molecule has 0 N–H and O–H groups in total. The Bertz CT molecular complexity index is 519. The number of ether oxygens (including phenoxy) is 1. The smallest absolute Gasteiger partial charge is 0.225 e. The Kier molecular flexibility index (Phi) is 3.01. The van der Waals surface area contributed by atoms with E-state index >= 15 is 0 Å². The molecule has 1 aromatic carbocycles. The molecule has 3 nitrogen and oxygen atoms in total. The summed E-state index contributed by atoms with van der Waals surface area (Å²) in [5, 5.41) is 0.449. The van der Waals surface area contributed by atoms with Gasteiger partial charge in [0, 0.05) is 0 Å². The number of nitrogens with zero attached hydrogens (tertiary/aromatic N) is 2. The van der Waals surface area contributed by atoms with E-state index in [1.165, 1.54) is 0 Å². The molecule has 0 aliphatic rings. The predicted octanol–water partition coefficient (Wildman–Crippen LogP) is 3.37. The summed E-state index contributed by atoms with van der Waals surface area (Å²) in [6.07, 6.45) is 1.09. The lowest BCUT2D eigenvalue weighted by Gasteiger charge is -2.06. The van der Waals surface area contributed by atoms with Crippen LogP contribution >= 0.6 is 11.6 Å². The lowest BCUT2D eigenvalue weighted by molar-refractivity contribution is 0.450. The Hall–Kier alpha value is -1.68. The highest BCUT2D eigenvalue weighted by molar-refractivity contribution is 6.32. The van der Waals surface area contributed by atoms with Gasteiger partial charge in [-0.2, -0.15) is 4.39 Å². The van der Waals surface area contributed by atoms with Gasteiger partial charge in [0.2, 0.25) is 11.8 Å². The second kappa shape index (κ2) is 4.45. The van der Waals surface area contributed by atoms with Crippen LogP contribution in [-0.4, -0.2) is 9.97 Å². The number of aryl methyl sites for hydroxylation is 1. The van der Waals surface area contributed by atoms with Crippen molar-refractivity contribution in [3.63, 3.8) is 0 Å². The molecule has 0 radical (unpaired) electrons. The van der Waals surface area contributed by atoms with Gasteiger partial charge in [0.1, 0.15) is 12.1 Å². The molecule has 82 valence electrons. The molecule has 1 heterocycles. The van der Waals surface area contributed by atoms with E-state index in [9.17, 15) is 4.39 Å². The van der Waals surface area contributed by atoms with Gasteiger partial charge < -0.3 is 4.74 Å². The lowest BCUT2D eigenvalue weighted by atomic mass is 10.2. The zero-order chi connectivity index (χ0) is 11.5. The largest absolute Gasteiger partial charge is 0.437 e. The second-order valence-electron chi connectivity index (χ2n) is 3.21. The van der Waals surface area contributed by atoms with Gasteiger partial charge in [0.25, 0.3) is 0 Å². The van der Waals surface area contributed by atoms with Crippen LogP contribution in [0.3, 0.4) is 0 Å². The molecule has 1 aromatic heterocycles. The molecule has 0 atom stereocenters. The van der Waals surface area contributed by atoms with E-state index in [0.717, 1.165) is 18.0 Å². The maximum atomic E-state index is 12.8. The summed E-state index contributed by atoms with van der Waals surface area (Å²) in [7, 11) is 0. The van der Waals surface area contributed by atoms with E-state index in [1.54, 1.807) is 12.1 Å². The van der Waals surface area contributed by atoms with Crippen molar-refractivity contribution in [3.8, 4) is 11.6 Å². The molecule has 2 rings (SSSR count). The van der Waals surface area contributed by atoms with E-state index in [4.69, 9.17) is 16.3 Å². The highest BCUT2D eigenvalue weighted by Crippen LogP contribution is 2.29. The van der Waals surface area contributed by atoms with Crippen LogP contribution < -0.4 is 4.74 Å². The Balaban J connectivity index is 2.30. The predicted molar refractivity (Wildman–Crippen MR) is 58.3 cm³/mol. The topological polar surface area (TPSA) is 35.0 Å². The van der Waals surface area contributed by atoms with Crippen LogP contribution in [0.15, 0.2) is 30.6 Å². The maximum absolute atomic E-state index is 12.8. The maximum Gasteiger partial charge on any atom is 0.225 e. The van der Waals surface area contributed by atoms with Crippen molar-refractivity contribution in [2.75, 3.05) is 0 Å². The van der Waals surface area contributed by atoms with Crippen LogP contribution in [0.25, 0.3) is 0 Å².